The quantitative estimate of drug-likeness (QED) is 0.195. The predicted molar refractivity (Wildman–Crippen MR) is 194 cm³/mol. The van der Waals surface area contributed by atoms with Crippen LogP contribution in [0.25, 0.3) is 39.3 Å². The van der Waals surface area contributed by atoms with Crippen LogP contribution >= 0.6 is 0 Å². The van der Waals surface area contributed by atoms with Crippen LogP contribution in [0.1, 0.15) is 67.3 Å². The van der Waals surface area contributed by atoms with E-state index in [9.17, 15) is 14.3 Å². The molecule has 4 heterocycles. The maximum absolute atomic E-state index is 14.6. The van der Waals surface area contributed by atoms with Gasteiger partial charge >= 0.3 is 5.97 Å². The van der Waals surface area contributed by atoms with Gasteiger partial charge in [-0.25, -0.2) is 18.7 Å². The Bertz CT molecular complexity index is 2350. The molecule has 6 aromatic rings. The van der Waals surface area contributed by atoms with Crippen molar-refractivity contribution in [1.82, 2.24) is 14.6 Å². The zero-order chi connectivity index (χ0) is 36.1. The van der Waals surface area contributed by atoms with E-state index < -0.39 is 23.5 Å². The Morgan fingerprint density at radius 1 is 0.904 bits per heavy atom. The van der Waals surface area contributed by atoms with E-state index in [2.05, 4.69) is 0 Å². The highest BCUT2D eigenvalue weighted by atomic mass is 19.1. The summed E-state index contributed by atoms with van der Waals surface area (Å²) in [5.41, 5.74) is 7.64. The van der Waals surface area contributed by atoms with Crippen molar-refractivity contribution in [3.05, 3.63) is 125 Å². The van der Waals surface area contributed by atoms with Crippen molar-refractivity contribution < 1.29 is 33.2 Å². The summed E-state index contributed by atoms with van der Waals surface area (Å²) in [6, 6.07) is 28.0. The lowest BCUT2D eigenvalue weighted by molar-refractivity contribution is -0.160. The summed E-state index contributed by atoms with van der Waals surface area (Å²) in [7, 11) is 0. The van der Waals surface area contributed by atoms with Crippen molar-refractivity contribution in [2.75, 3.05) is 6.61 Å². The van der Waals surface area contributed by atoms with Gasteiger partial charge < -0.3 is 24.1 Å². The van der Waals surface area contributed by atoms with E-state index in [1.807, 2.05) is 93.6 Å². The second-order valence-electron chi connectivity index (χ2n) is 14.2. The predicted octanol–water partition coefficient (Wildman–Crippen LogP) is 9.05. The zero-order valence-corrected chi connectivity index (χ0v) is 29.4. The summed E-state index contributed by atoms with van der Waals surface area (Å²) in [5.74, 6) is -0.411. The molecule has 2 atom stereocenters. The standard InChI is InChI=1S/C42H38FN3O6/c1-24-38(40(41(47)48)52-42(2,3)4)39-29-11-14-34-32(19-29)35(15-16-49-34)50-22-25-7-5-8-26(17-25)23-51-36-20-30(43)12-13-31(36)27-9-6-10-28(18-27)33-21-37(44-24)46(39)45-33/h5-14,17-21,35,40H,15-16,22-23H2,1-4H3,(H,47,48). The highest BCUT2D eigenvalue weighted by Crippen LogP contribution is 2.42. The number of ether oxygens (including phenoxy) is 4. The fourth-order valence-electron chi connectivity index (χ4n) is 7.00. The van der Waals surface area contributed by atoms with Gasteiger partial charge in [-0.2, -0.15) is 5.10 Å². The summed E-state index contributed by atoms with van der Waals surface area (Å²) in [5, 5.41) is 15.7. The van der Waals surface area contributed by atoms with E-state index in [-0.39, 0.29) is 12.7 Å². The van der Waals surface area contributed by atoms with Crippen molar-refractivity contribution in [2.24, 2.45) is 0 Å². The number of rotatable bonds is 3. The van der Waals surface area contributed by atoms with Crippen molar-refractivity contribution in [3.63, 3.8) is 0 Å². The van der Waals surface area contributed by atoms with Crippen molar-refractivity contribution in [1.29, 1.82) is 0 Å². The van der Waals surface area contributed by atoms with Crippen molar-refractivity contribution >= 4 is 11.6 Å². The zero-order valence-electron chi connectivity index (χ0n) is 29.4. The smallest absolute Gasteiger partial charge is 0.337 e. The number of aliphatic carboxylic acids is 1. The van der Waals surface area contributed by atoms with Crippen LogP contribution in [-0.4, -0.2) is 37.9 Å². The lowest BCUT2D eigenvalue weighted by Gasteiger charge is -2.29. The maximum Gasteiger partial charge on any atom is 0.337 e. The molecular weight excluding hydrogens is 661 g/mol. The Morgan fingerprint density at radius 3 is 2.50 bits per heavy atom. The van der Waals surface area contributed by atoms with E-state index in [1.54, 1.807) is 17.5 Å². The summed E-state index contributed by atoms with van der Waals surface area (Å²) in [6.07, 6.45) is -0.994. The summed E-state index contributed by atoms with van der Waals surface area (Å²) < 4.78 is 41.4. The van der Waals surface area contributed by atoms with Gasteiger partial charge in [0.1, 0.15) is 23.9 Å². The normalized spacial score (nSPS) is 16.1. The Labute approximate surface area is 300 Å². The Morgan fingerprint density at radius 2 is 1.69 bits per heavy atom. The number of hydrogen-bond acceptors (Lipinski definition) is 7. The third-order valence-electron chi connectivity index (χ3n) is 9.31. The van der Waals surface area contributed by atoms with Crippen LogP contribution in [0.5, 0.6) is 11.5 Å². The molecule has 2 aliphatic rings. The van der Waals surface area contributed by atoms with Crippen LogP contribution in [0.3, 0.4) is 0 Å². The molecule has 0 aliphatic carbocycles. The monoisotopic (exact) mass is 699 g/mol. The summed E-state index contributed by atoms with van der Waals surface area (Å²) >= 11 is 0. The van der Waals surface area contributed by atoms with Crippen LogP contribution in [0.15, 0.2) is 91.0 Å². The van der Waals surface area contributed by atoms with Gasteiger partial charge in [0.25, 0.3) is 0 Å². The molecule has 0 saturated carbocycles. The number of aryl methyl sites for hydroxylation is 1. The minimum absolute atomic E-state index is 0.242. The van der Waals surface area contributed by atoms with Gasteiger partial charge in [-0.15, -0.1) is 0 Å². The summed E-state index contributed by atoms with van der Waals surface area (Å²) in [6.45, 7) is 8.35. The Hall–Kier alpha value is -5.58. The average Bonchev–Trinajstić information content (AvgIpc) is 3.54. The lowest BCUT2D eigenvalue weighted by atomic mass is 9.94. The molecule has 0 radical (unpaired) electrons. The number of fused-ring (bicyclic) bond motifs is 10. The number of carboxylic acid groups (broad SMARTS) is 1. The molecule has 0 amide bonds. The lowest BCUT2D eigenvalue weighted by Crippen LogP contribution is -2.29. The molecule has 2 aromatic heterocycles. The minimum atomic E-state index is -1.34. The van der Waals surface area contributed by atoms with Crippen LogP contribution in [-0.2, 0) is 27.5 Å². The van der Waals surface area contributed by atoms with Gasteiger partial charge in [-0.05, 0) is 80.8 Å². The van der Waals surface area contributed by atoms with Gasteiger partial charge in [0.05, 0.1) is 36.3 Å². The van der Waals surface area contributed by atoms with Crippen LogP contribution in [0.2, 0.25) is 0 Å². The van der Waals surface area contributed by atoms with Gasteiger partial charge in [-0.3, -0.25) is 0 Å². The molecule has 52 heavy (non-hydrogen) atoms. The van der Waals surface area contributed by atoms with Gasteiger partial charge in [-0.1, -0.05) is 42.5 Å². The average molecular weight is 700 g/mol. The van der Waals surface area contributed by atoms with Gasteiger partial charge in [0, 0.05) is 52.1 Å². The largest absolute Gasteiger partial charge is 0.493 e. The molecule has 4 aromatic carbocycles. The molecule has 2 aliphatic heterocycles. The molecule has 0 fully saturated rings. The van der Waals surface area contributed by atoms with Gasteiger partial charge in [0.15, 0.2) is 11.8 Å². The SMILES string of the molecule is Cc1nc2cc3nn2c(c1C(OC(C)(C)C)C(=O)O)-c1ccc2c(c1)C(CCO2)OCc1cccc(c1)COc1cc(F)ccc1-c1cccc-3c1. The molecule has 1 N–H and O–H groups in total. The first-order chi connectivity index (χ1) is 25.0. The van der Waals surface area contributed by atoms with E-state index in [0.717, 1.165) is 38.9 Å². The Balaban J connectivity index is 1.38. The van der Waals surface area contributed by atoms with Crippen LogP contribution < -0.4 is 9.47 Å². The molecular formula is C42H38FN3O6. The van der Waals surface area contributed by atoms with Crippen molar-refractivity contribution in [3.8, 4) is 45.1 Å². The first kappa shape index (κ1) is 33.6. The number of carboxylic acids is 1. The number of hydrogen-bond donors (Lipinski definition) is 1. The molecule has 0 spiro atoms. The number of halogens is 1. The second-order valence-corrected chi connectivity index (χ2v) is 14.2. The first-order valence-electron chi connectivity index (χ1n) is 17.3. The van der Waals surface area contributed by atoms with E-state index in [4.69, 9.17) is 29.0 Å². The van der Waals surface area contributed by atoms with E-state index in [0.29, 0.717) is 59.4 Å². The third-order valence-corrected chi connectivity index (χ3v) is 9.31. The molecule has 8 rings (SSSR count). The van der Waals surface area contributed by atoms with Crippen LogP contribution in [0, 0.1) is 12.7 Å². The second kappa shape index (κ2) is 13.2. The first-order valence-corrected chi connectivity index (χ1v) is 17.3. The minimum Gasteiger partial charge on any atom is -0.493 e. The molecule has 0 saturated heterocycles. The number of benzene rings is 4. The molecule has 10 heteroatoms. The highest BCUT2D eigenvalue weighted by Gasteiger charge is 2.34. The molecule has 264 valence electrons. The topological polar surface area (TPSA) is 104 Å². The van der Waals surface area contributed by atoms with E-state index in [1.165, 1.54) is 12.1 Å². The third kappa shape index (κ3) is 6.51. The summed E-state index contributed by atoms with van der Waals surface area (Å²) in [4.78, 5) is 17.9. The van der Waals surface area contributed by atoms with Gasteiger partial charge in [0.2, 0.25) is 0 Å². The number of aromatic nitrogens is 3. The van der Waals surface area contributed by atoms with Crippen molar-refractivity contribution in [2.45, 2.75) is 65.1 Å². The fraction of sp³-hybridized carbons (Fsp3) is 0.262. The van der Waals surface area contributed by atoms with Crippen LogP contribution in [0.4, 0.5) is 4.39 Å². The Kier molecular flexibility index (Phi) is 8.51. The number of carbonyl (C=O) groups is 1. The molecule has 8 bridgehead atoms. The highest BCUT2D eigenvalue weighted by molar-refractivity contribution is 5.82. The number of nitrogens with zero attached hydrogens (tertiary/aromatic N) is 3. The maximum atomic E-state index is 14.6. The van der Waals surface area contributed by atoms with E-state index >= 15 is 0 Å². The molecule has 9 nitrogen and oxygen atoms in total. The fourth-order valence-corrected chi connectivity index (χ4v) is 7.00. The molecule has 2 unspecified atom stereocenters.